The first-order valence-electron chi connectivity index (χ1n) is 10.1. The first-order valence-corrected chi connectivity index (χ1v) is 10.9. The molecule has 0 aliphatic carbocycles. The average molecular weight is 444 g/mol. The Morgan fingerprint density at radius 3 is 2.74 bits per heavy atom. The van der Waals surface area contributed by atoms with Crippen molar-refractivity contribution in [2.24, 2.45) is 4.99 Å². The van der Waals surface area contributed by atoms with Gasteiger partial charge in [0, 0.05) is 19.2 Å². The molecule has 2 heterocycles. The highest BCUT2D eigenvalue weighted by atomic mass is 32.2. The number of nitrogens with zero attached hydrogens (tertiary/aromatic N) is 4. The number of para-hydroxylation sites is 1. The molecule has 1 atom stereocenters. The summed E-state index contributed by atoms with van der Waals surface area (Å²) in [6, 6.07) is 12.0. The van der Waals surface area contributed by atoms with E-state index in [9.17, 15) is 14.0 Å². The van der Waals surface area contributed by atoms with Crippen molar-refractivity contribution in [3.8, 4) is 0 Å². The van der Waals surface area contributed by atoms with Crippen LogP contribution in [-0.2, 0) is 16.1 Å². The lowest BCUT2D eigenvalue weighted by Crippen LogP contribution is -2.35. The molecule has 1 saturated heterocycles. The first kappa shape index (κ1) is 22.9. The lowest BCUT2D eigenvalue weighted by atomic mass is 10.2. The molecule has 1 aromatic heterocycles. The van der Waals surface area contributed by atoms with Gasteiger partial charge in [-0.25, -0.2) is 9.38 Å². The highest BCUT2D eigenvalue weighted by Crippen LogP contribution is 2.32. The van der Waals surface area contributed by atoms with Gasteiger partial charge in [0.1, 0.15) is 11.1 Å². The van der Waals surface area contributed by atoms with Crippen LogP contribution in [0.25, 0.3) is 0 Å². The lowest BCUT2D eigenvalue weighted by molar-refractivity contribution is -0.129. The lowest BCUT2D eigenvalue weighted by Gasteiger charge is -2.16. The van der Waals surface area contributed by atoms with E-state index in [0.717, 1.165) is 13.0 Å². The molecule has 0 radical (unpaired) electrons. The number of pyridine rings is 1. The van der Waals surface area contributed by atoms with Gasteiger partial charge in [-0.15, -0.1) is 0 Å². The largest absolute Gasteiger partial charge is 0.356 e. The number of rotatable bonds is 9. The molecule has 0 bridgehead atoms. The Bertz CT molecular complexity index is 939. The van der Waals surface area contributed by atoms with Crippen molar-refractivity contribution in [2.45, 2.75) is 24.6 Å². The number of aromatic nitrogens is 1. The van der Waals surface area contributed by atoms with E-state index in [1.807, 2.05) is 49.3 Å². The first-order chi connectivity index (χ1) is 14.9. The molecular formula is C22H26FN5O2S. The SMILES string of the molecule is CN(C)CCCNC(=O)CC1SC(=Nc2ccccc2)N(Cc2ncccc2F)C1=O. The molecular weight excluding hydrogens is 417 g/mol. The topological polar surface area (TPSA) is 77.9 Å². The Labute approximate surface area is 185 Å². The van der Waals surface area contributed by atoms with Crippen LogP contribution in [0.5, 0.6) is 0 Å². The highest BCUT2D eigenvalue weighted by Gasteiger charge is 2.39. The number of thioether (sulfide) groups is 1. The molecule has 7 nitrogen and oxygen atoms in total. The van der Waals surface area contributed by atoms with Crippen molar-refractivity contribution < 1.29 is 14.0 Å². The molecule has 164 valence electrons. The van der Waals surface area contributed by atoms with Gasteiger partial charge in [-0.2, -0.15) is 0 Å². The van der Waals surface area contributed by atoms with Crippen molar-refractivity contribution >= 4 is 34.4 Å². The Hall–Kier alpha value is -2.78. The van der Waals surface area contributed by atoms with E-state index in [2.05, 4.69) is 15.3 Å². The quantitative estimate of drug-likeness (QED) is 0.603. The van der Waals surface area contributed by atoms with Crippen molar-refractivity contribution in [1.82, 2.24) is 20.1 Å². The van der Waals surface area contributed by atoms with Gasteiger partial charge in [0.2, 0.25) is 11.8 Å². The summed E-state index contributed by atoms with van der Waals surface area (Å²) in [7, 11) is 3.95. The number of halogens is 1. The Balaban J connectivity index is 1.72. The monoisotopic (exact) mass is 443 g/mol. The van der Waals surface area contributed by atoms with Crippen LogP contribution < -0.4 is 5.32 Å². The number of amides is 2. The van der Waals surface area contributed by atoms with E-state index in [4.69, 9.17) is 0 Å². The third-order valence-corrected chi connectivity index (χ3v) is 5.79. The predicted octanol–water partition coefficient (Wildman–Crippen LogP) is 2.81. The molecule has 1 unspecified atom stereocenters. The third kappa shape index (κ3) is 6.60. The maximum atomic E-state index is 14.1. The summed E-state index contributed by atoms with van der Waals surface area (Å²) >= 11 is 1.23. The maximum absolute atomic E-state index is 14.1. The van der Waals surface area contributed by atoms with Crippen molar-refractivity contribution in [3.05, 3.63) is 60.2 Å². The van der Waals surface area contributed by atoms with Crippen molar-refractivity contribution in [1.29, 1.82) is 0 Å². The van der Waals surface area contributed by atoms with Crippen LogP contribution in [0.1, 0.15) is 18.5 Å². The number of carbonyl (C=O) groups is 2. The molecule has 0 saturated carbocycles. The van der Waals surface area contributed by atoms with Gasteiger partial charge in [0.05, 0.1) is 17.9 Å². The van der Waals surface area contributed by atoms with Crippen LogP contribution in [0, 0.1) is 5.82 Å². The van der Waals surface area contributed by atoms with E-state index in [0.29, 0.717) is 17.4 Å². The normalized spacial score (nSPS) is 17.5. The summed E-state index contributed by atoms with van der Waals surface area (Å²) in [5.41, 5.74) is 0.837. The smallest absolute Gasteiger partial charge is 0.243 e. The molecule has 1 N–H and O–H groups in total. The molecule has 1 aliphatic heterocycles. The van der Waals surface area contributed by atoms with E-state index in [-0.39, 0.29) is 30.5 Å². The number of amidine groups is 1. The summed E-state index contributed by atoms with van der Waals surface area (Å²) in [5, 5.41) is 2.69. The maximum Gasteiger partial charge on any atom is 0.243 e. The van der Waals surface area contributed by atoms with Crippen molar-refractivity contribution in [2.75, 3.05) is 27.2 Å². The van der Waals surface area contributed by atoms with E-state index >= 15 is 0 Å². The Morgan fingerprint density at radius 2 is 2.03 bits per heavy atom. The minimum Gasteiger partial charge on any atom is -0.356 e. The zero-order valence-electron chi connectivity index (χ0n) is 17.6. The van der Waals surface area contributed by atoms with Gasteiger partial charge in [0.25, 0.3) is 0 Å². The highest BCUT2D eigenvalue weighted by molar-refractivity contribution is 8.15. The minimum atomic E-state index is -0.608. The van der Waals surface area contributed by atoms with Crippen LogP contribution in [0.15, 0.2) is 53.7 Å². The fourth-order valence-corrected chi connectivity index (χ4v) is 4.19. The summed E-state index contributed by atoms with van der Waals surface area (Å²) in [4.78, 5) is 37.5. The van der Waals surface area contributed by atoms with Gasteiger partial charge in [-0.3, -0.25) is 19.5 Å². The molecule has 2 amide bonds. The van der Waals surface area contributed by atoms with E-state index in [1.165, 1.54) is 35.0 Å². The van der Waals surface area contributed by atoms with Crippen LogP contribution >= 0.6 is 11.8 Å². The van der Waals surface area contributed by atoms with Gasteiger partial charge in [-0.05, 0) is 51.3 Å². The minimum absolute atomic E-state index is 0.0366. The fraction of sp³-hybridized carbons (Fsp3) is 0.364. The molecule has 9 heteroatoms. The van der Waals surface area contributed by atoms with Crippen LogP contribution in [0.2, 0.25) is 0 Å². The number of carbonyl (C=O) groups excluding carboxylic acids is 2. The predicted molar refractivity (Wildman–Crippen MR) is 120 cm³/mol. The van der Waals surface area contributed by atoms with Crippen molar-refractivity contribution in [3.63, 3.8) is 0 Å². The van der Waals surface area contributed by atoms with Crippen LogP contribution in [0.4, 0.5) is 10.1 Å². The number of hydrogen-bond donors (Lipinski definition) is 1. The molecule has 1 aliphatic rings. The summed E-state index contributed by atoms with van der Waals surface area (Å²) in [6.07, 6.45) is 2.36. The second-order valence-electron chi connectivity index (χ2n) is 7.40. The van der Waals surface area contributed by atoms with Gasteiger partial charge < -0.3 is 10.2 Å². The Morgan fingerprint density at radius 1 is 1.26 bits per heavy atom. The van der Waals surface area contributed by atoms with Crippen LogP contribution in [-0.4, -0.2) is 64.2 Å². The van der Waals surface area contributed by atoms with Crippen LogP contribution in [0.3, 0.4) is 0 Å². The zero-order valence-corrected chi connectivity index (χ0v) is 18.4. The average Bonchev–Trinajstić information content (AvgIpc) is 3.02. The zero-order chi connectivity index (χ0) is 22.2. The molecule has 1 aromatic carbocycles. The van der Waals surface area contributed by atoms with E-state index in [1.54, 1.807) is 0 Å². The van der Waals surface area contributed by atoms with Gasteiger partial charge in [-0.1, -0.05) is 30.0 Å². The molecule has 3 rings (SSSR count). The number of aliphatic imine (C=N–C) groups is 1. The second kappa shape index (κ2) is 11.0. The Kier molecular flexibility index (Phi) is 8.13. The standard InChI is InChI=1S/C22H26FN5O2S/c1-27(2)13-7-12-25-20(29)14-19-21(30)28(15-18-17(23)10-6-11-24-18)22(31-19)26-16-8-4-3-5-9-16/h3-6,8-11,19H,7,12-15H2,1-2H3,(H,25,29). The molecule has 2 aromatic rings. The molecule has 1 fully saturated rings. The number of nitrogens with one attached hydrogen (secondary N) is 1. The molecule has 31 heavy (non-hydrogen) atoms. The van der Waals surface area contributed by atoms with Gasteiger partial charge in [0.15, 0.2) is 5.17 Å². The second-order valence-corrected chi connectivity index (χ2v) is 8.57. The summed E-state index contributed by atoms with van der Waals surface area (Å²) < 4.78 is 14.1. The fourth-order valence-electron chi connectivity index (χ4n) is 3.03. The summed E-state index contributed by atoms with van der Waals surface area (Å²) in [6.45, 7) is 1.39. The van der Waals surface area contributed by atoms with Gasteiger partial charge >= 0.3 is 0 Å². The third-order valence-electron chi connectivity index (χ3n) is 4.62. The molecule has 0 spiro atoms. The van der Waals surface area contributed by atoms with E-state index < -0.39 is 11.1 Å². The number of hydrogen-bond acceptors (Lipinski definition) is 6. The summed E-state index contributed by atoms with van der Waals surface area (Å²) in [5.74, 6) is -0.941. The number of benzene rings is 1.